The predicted octanol–water partition coefficient (Wildman–Crippen LogP) is 2.94. The van der Waals surface area contributed by atoms with E-state index in [1.54, 1.807) is 0 Å². The summed E-state index contributed by atoms with van der Waals surface area (Å²) in [5.41, 5.74) is 4.18. The van der Waals surface area contributed by atoms with Crippen LogP contribution in [0, 0.1) is 20.8 Å². The molecule has 2 nitrogen and oxygen atoms in total. The Labute approximate surface area is 68.8 Å². The van der Waals surface area contributed by atoms with E-state index in [1.807, 2.05) is 0 Å². The molecule has 0 heterocycles. The van der Waals surface area contributed by atoms with Gasteiger partial charge in [-0.15, -0.1) is 0 Å². The highest BCUT2D eigenvalue weighted by atomic mass is 14.0. The highest BCUT2D eigenvalue weighted by Crippen LogP contribution is 2.09. The lowest BCUT2D eigenvalue weighted by Gasteiger charge is -2.00. The molecule has 1 rings (SSSR count). The minimum absolute atomic E-state index is 0. The Balaban J connectivity index is 0. The maximum absolute atomic E-state index is 2.16. The lowest BCUT2D eigenvalue weighted by atomic mass is 10.1. The van der Waals surface area contributed by atoms with Gasteiger partial charge in [0.05, 0.1) is 0 Å². The van der Waals surface area contributed by atoms with Crippen molar-refractivity contribution in [3.63, 3.8) is 0 Å². The molecular weight excluding hydrogens is 136 g/mol. The highest BCUT2D eigenvalue weighted by molar-refractivity contribution is 5.31. The summed E-state index contributed by atoms with van der Waals surface area (Å²) in [6.45, 7) is 6.44. The fourth-order valence-electron chi connectivity index (χ4n) is 0.898. The molecule has 0 bridgehead atoms. The average molecular weight is 154 g/mol. The van der Waals surface area contributed by atoms with Gasteiger partial charge in [0.15, 0.2) is 0 Å². The molecule has 6 N–H and O–H groups in total. The van der Waals surface area contributed by atoms with E-state index in [-0.39, 0.29) is 12.3 Å². The molecule has 0 aliphatic rings. The molecule has 2 heteroatoms. The Morgan fingerprint density at radius 2 is 1.18 bits per heavy atom. The van der Waals surface area contributed by atoms with E-state index in [0.717, 1.165) is 0 Å². The molecule has 0 aliphatic heterocycles. The minimum atomic E-state index is 0. The second-order valence-corrected chi connectivity index (χ2v) is 2.52. The zero-order chi connectivity index (χ0) is 6.85. The lowest BCUT2D eigenvalue weighted by Crippen LogP contribution is -1.82. The van der Waals surface area contributed by atoms with Crippen LogP contribution < -0.4 is 12.3 Å². The third kappa shape index (κ3) is 2.70. The van der Waals surface area contributed by atoms with Gasteiger partial charge < -0.3 is 12.3 Å². The van der Waals surface area contributed by atoms with Gasteiger partial charge in [0.1, 0.15) is 0 Å². The predicted molar refractivity (Wildman–Crippen MR) is 50.7 cm³/mol. The smallest absolute Gasteiger partial charge is 0.0392 e. The van der Waals surface area contributed by atoms with Crippen LogP contribution in [0.2, 0.25) is 0 Å². The maximum atomic E-state index is 2.16. The van der Waals surface area contributed by atoms with Gasteiger partial charge in [-0.2, -0.15) is 0 Å². The topological polar surface area (TPSA) is 70.0 Å². The van der Waals surface area contributed by atoms with E-state index in [2.05, 4.69) is 39.0 Å². The summed E-state index contributed by atoms with van der Waals surface area (Å²) < 4.78 is 0. The van der Waals surface area contributed by atoms with Crippen LogP contribution in [0.4, 0.5) is 0 Å². The highest BCUT2D eigenvalue weighted by Gasteiger charge is 1.91. The quantitative estimate of drug-likeness (QED) is 0.603. The van der Waals surface area contributed by atoms with Crippen LogP contribution in [-0.2, 0) is 0 Å². The number of benzene rings is 1. The molecule has 0 spiro atoms. The summed E-state index contributed by atoms with van der Waals surface area (Å²) in [5.74, 6) is 0. The third-order valence-corrected chi connectivity index (χ3v) is 1.88. The van der Waals surface area contributed by atoms with Crippen LogP contribution in [0.25, 0.3) is 0 Å². The molecule has 0 fully saturated rings. The first-order valence-corrected chi connectivity index (χ1v) is 3.24. The first-order chi connectivity index (χ1) is 4.22. The van der Waals surface area contributed by atoms with Gasteiger partial charge in [-0.1, -0.05) is 18.2 Å². The van der Waals surface area contributed by atoms with Crippen molar-refractivity contribution >= 4 is 0 Å². The van der Waals surface area contributed by atoms with Crippen LogP contribution in [0.3, 0.4) is 0 Å². The van der Waals surface area contributed by atoms with Crippen molar-refractivity contribution in [2.75, 3.05) is 0 Å². The molecule has 11 heavy (non-hydrogen) atoms. The van der Waals surface area contributed by atoms with Crippen molar-refractivity contribution in [2.45, 2.75) is 20.8 Å². The standard InChI is InChI=1S/C9H12.2H3N/c1-7-5-4-6-8(2)9(7)3;;/h4-6H,1-3H3;2*1H3. The Morgan fingerprint density at radius 1 is 0.818 bits per heavy atom. The summed E-state index contributed by atoms with van der Waals surface area (Å²) in [6.07, 6.45) is 0. The molecule has 0 amide bonds. The van der Waals surface area contributed by atoms with Crippen molar-refractivity contribution in [3.05, 3.63) is 34.9 Å². The maximum Gasteiger partial charge on any atom is -0.0392 e. The molecule has 0 saturated heterocycles. The Bertz CT molecular complexity index is 199. The Morgan fingerprint density at radius 3 is 1.45 bits per heavy atom. The van der Waals surface area contributed by atoms with Crippen molar-refractivity contribution in [2.24, 2.45) is 0 Å². The van der Waals surface area contributed by atoms with E-state index in [1.165, 1.54) is 16.7 Å². The molecule has 64 valence electrons. The van der Waals surface area contributed by atoms with Gasteiger partial charge in [0, 0.05) is 0 Å². The zero-order valence-corrected chi connectivity index (χ0v) is 7.65. The number of aryl methyl sites for hydroxylation is 2. The largest absolute Gasteiger partial charge is 0.344 e. The summed E-state index contributed by atoms with van der Waals surface area (Å²) in [4.78, 5) is 0. The van der Waals surface area contributed by atoms with Gasteiger partial charge in [-0.25, -0.2) is 0 Å². The summed E-state index contributed by atoms with van der Waals surface area (Å²) in [6, 6.07) is 6.38. The summed E-state index contributed by atoms with van der Waals surface area (Å²) in [7, 11) is 0. The lowest BCUT2D eigenvalue weighted by molar-refractivity contribution is 1.27. The second kappa shape index (κ2) is 4.88. The van der Waals surface area contributed by atoms with Gasteiger partial charge in [0.2, 0.25) is 0 Å². The van der Waals surface area contributed by atoms with Crippen molar-refractivity contribution in [1.29, 1.82) is 0 Å². The molecule has 0 aromatic heterocycles. The number of hydrogen-bond acceptors (Lipinski definition) is 2. The molecule has 0 unspecified atom stereocenters. The average Bonchev–Trinajstić information content (AvgIpc) is 1.83. The number of hydrogen-bond donors (Lipinski definition) is 2. The first-order valence-electron chi connectivity index (χ1n) is 3.24. The first kappa shape index (κ1) is 12.8. The second-order valence-electron chi connectivity index (χ2n) is 2.52. The molecule has 1 aromatic carbocycles. The normalized spacial score (nSPS) is 7.91. The van der Waals surface area contributed by atoms with Crippen molar-refractivity contribution < 1.29 is 0 Å². The minimum Gasteiger partial charge on any atom is -0.344 e. The number of rotatable bonds is 0. The fourth-order valence-corrected chi connectivity index (χ4v) is 0.898. The van der Waals surface area contributed by atoms with Gasteiger partial charge in [0.25, 0.3) is 0 Å². The molecule has 0 saturated carbocycles. The van der Waals surface area contributed by atoms with Crippen molar-refractivity contribution in [3.8, 4) is 0 Å². The van der Waals surface area contributed by atoms with E-state index in [9.17, 15) is 0 Å². The van der Waals surface area contributed by atoms with E-state index in [0.29, 0.717) is 0 Å². The van der Waals surface area contributed by atoms with Crippen LogP contribution in [-0.4, -0.2) is 0 Å². The van der Waals surface area contributed by atoms with E-state index in [4.69, 9.17) is 0 Å². The molecule has 1 aromatic rings. The van der Waals surface area contributed by atoms with Crippen LogP contribution in [0.1, 0.15) is 16.7 Å². The molecule has 0 radical (unpaired) electrons. The van der Waals surface area contributed by atoms with Crippen LogP contribution in [0.5, 0.6) is 0 Å². The summed E-state index contributed by atoms with van der Waals surface area (Å²) >= 11 is 0. The van der Waals surface area contributed by atoms with Crippen LogP contribution >= 0.6 is 0 Å². The zero-order valence-electron chi connectivity index (χ0n) is 7.65. The van der Waals surface area contributed by atoms with Crippen molar-refractivity contribution in [1.82, 2.24) is 12.3 Å². The Kier molecular flexibility index (Phi) is 5.67. The SMILES string of the molecule is Cc1cccc(C)c1C.N.N. The molecular formula is C9H18N2. The Hall–Kier alpha value is -0.860. The van der Waals surface area contributed by atoms with Crippen LogP contribution in [0.15, 0.2) is 18.2 Å². The molecule has 0 atom stereocenters. The monoisotopic (exact) mass is 154 g/mol. The third-order valence-electron chi connectivity index (χ3n) is 1.88. The van der Waals surface area contributed by atoms with E-state index >= 15 is 0 Å². The van der Waals surface area contributed by atoms with Gasteiger partial charge in [-0.05, 0) is 37.5 Å². The van der Waals surface area contributed by atoms with Gasteiger partial charge in [-0.3, -0.25) is 0 Å². The van der Waals surface area contributed by atoms with Gasteiger partial charge >= 0.3 is 0 Å². The summed E-state index contributed by atoms with van der Waals surface area (Å²) in [5, 5.41) is 0. The van der Waals surface area contributed by atoms with E-state index < -0.39 is 0 Å². The fraction of sp³-hybridized carbons (Fsp3) is 0.333. The molecule has 0 aliphatic carbocycles.